The van der Waals surface area contributed by atoms with Gasteiger partial charge in [0, 0.05) is 25.7 Å². The van der Waals surface area contributed by atoms with Crippen LogP contribution in [0.4, 0.5) is 4.39 Å². The fourth-order valence-corrected chi connectivity index (χ4v) is 2.98. The molecule has 0 fully saturated rings. The molecule has 0 radical (unpaired) electrons. The zero-order valence-corrected chi connectivity index (χ0v) is 17.0. The first-order valence-corrected chi connectivity index (χ1v) is 9.42. The van der Waals surface area contributed by atoms with E-state index < -0.39 is 5.82 Å². The summed E-state index contributed by atoms with van der Waals surface area (Å²) in [7, 11) is 0. The smallest absolute Gasteiger partial charge is 0.255 e. The minimum Gasteiger partial charge on any atom is -0.475 e. The summed E-state index contributed by atoms with van der Waals surface area (Å²) in [5.41, 5.74) is 0.135. The number of likely N-dealkylation sites (N-methyl/N-ethyl adjacent to an activating group) is 1. The van der Waals surface area contributed by atoms with E-state index in [1.165, 1.54) is 24.4 Å². The summed E-state index contributed by atoms with van der Waals surface area (Å²) in [6.45, 7) is 5.88. The van der Waals surface area contributed by atoms with Gasteiger partial charge in [0.05, 0.1) is 22.2 Å². The molecule has 0 saturated heterocycles. The topological polar surface area (TPSA) is 81.4 Å². The van der Waals surface area contributed by atoms with Crippen molar-refractivity contribution in [2.45, 2.75) is 26.8 Å². The molecule has 2 heterocycles. The summed E-state index contributed by atoms with van der Waals surface area (Å²) < 4.78 is 25.5. The third-order valence-corrected chi connectivity index (χ3v) is 4.51. The lowest BCUT2D eigenvalue weighted by atomic mass is 10.0. The highest BCUT2D eigenvalue weighted by atomic mass is 35.5. The maximum Gasteiger partial charge on any atom is 0.255 e. The monoisotopic (exact) mass is 418 g/mol. The molecule has 0 saturated carbocycles. The van der Waals surface area contributed by atoms with Crippen LogP contribution in [0.15, 0.2) is 40.9 Å². The van der Waals surface area contributed by atoms with Crippen molar-refractivity contribution in [3.63, 3.8) is 0 Å². The van der Waals surface area contributed by atoms with Crippen LogP contribution in [0.3, 0.4) is 0 Å². The van der Waals surface area contributed by atoms with Gasteiger partial charge in [-0.3, -0.25) is 4.79 Å². The number of carbonyl (C=O) groups excluding carboxylic acids is 1. The first kappa shape index (κ1) is 20.7. The second-order valence-electron chi connectivity index (χ2n) is 6.35. The third-order valence-electron chi connectivity index (χ3n) is 4.29. The van der Waals surface area contributed by atoms with E-state index in [2.05, 4.69) is 15.2 Å². The van der Waals surface area contributed by atoms with Gasteiger partial charge in [0.25, 0.3) is 11.8 Å². The number of rotatable bonds is 7. The molecular weight excluding hydrogens is 399 g/mol. The van der Waals surface area contributed by atoms with E-state index in [0.717, 1.165) is 0 Å². The molecule has 1 amide bonds. The number of ether oxygens (including phenoxy) is 1. The minimum atomic E-state index is -0.607. The van der Waals surface area contributed by atoms with Crippen LogP contribution in [0.25, 0.3) is 11.5 Å². The molecule has 0 aliphatic carbocycles. The van der Waals surface area contributed by atoms with Gasteiger partial charge in [0.2, 0.25) is 11.8 Å². The lowest BCUT2D eigenvalue weighted by Crippen LogP contribution is -2.42. The van der Waals surface area contributed by atoms with Gasteiger partial charge in [0.1, 0.15) is 12.4 Å². The molecule has 3 rings (SSSR count). The second kappa shape index (κ2) is 9.00. The van der Waals surface area contributed by atoms with Crippen LogP contribution < -0.4 is 4.74 Å². The molecule has 2 aromatic heterocycles. The number of amides is 1. The number of carbonyl (C=O) groups is 1. The Kier molecular flexibility index (Phi) is 6.43. The first-order valence-electron chi connectivity index (χ1n) is 9.05. The summed E-state index contributed by atoms with van der Waals surface area (Å²) in [5, 5.41) is 8.10. The maximum absolute atomic E-state index is 14.5. The predicted octanol–water partition coefficient (Wildman–Crippen LogP) is 4.16. The van der Waals surface area contributed by atoms with Gasteiger partial charge in [-0.15, -0.1) is 10.2 Å². The number of nitrogens with zero attached hydrogens (tertiary/aromatic N) is 4. The fraction of sp³-hybridized carbons (Fsp3) is 0.300. The SMILES string of the molecule is CCN(C(=O)c1cccc(F)c1-c1nnc(C)o1)[C@@H](C)COc1ccc(Cl)cn1. The molecule has 0 bridgehead atoms. The third kappa shape index (κ3) is 4.71. The Morgan fingerprint density at radius 3 is 2.72 bits per heavy atom. The minimum absolute atomic E-state index is 0.0102. The molecular formula is C20H20ClFN4O3. The van der Waals surface area contributed by atoms with Crippen LogP contribution in [0.5, 0.6) is 5.88 Å². The number of pyridine rings is 1. The Balaban J connectivity index is 1.82. The molecule has 152 valence electrons. The van der Waals surface area contributed by atoms with E-state index in [1.54, 1.807) is 24.0 Å². The Hall–Kier alpha value is -3.00. The Morgan fingerprint density at radius 2 is 2.10 bits per heavy atom. The van der Waals surface area contributed by atoms with E-state index >= 15 is 0 Å². The summed E-state index contributed by atoms with van der Waals surface area (Å²) in [4.78, 5) is 18.9. The Labute approximate surface area is 172 Å². The van der Waals surface area contributed by atoms with E-state index in [9.17, 15) is 9.18 Å². The summed E-state index contributed by atoms with van der Waals surface area (Å²) >= 11 is 5.82. The number of halogens is 2. The van der Waals surface area contributed by atoms with Crippen molar-refractivity contribution in [1.82, 2.24) is 20.1 Å². The Bertz CT molecular complexity index is 994. The van der Waals surface area contributed by atoms with Gasteiger partial charge in [-0.2, -0.15) is 0 Å². The van der Waals surface area contributed by atoms with E-state index in [-0.39, 0.29) is 41.5 Å². The van der Waals surface area contributed by atoms with Crippen molar-refractivity contribution < 1.29 is 18.3 Å². The van der Waals surface area contributed by atoms with Crippen molar-refractivity contribution in [3.05, 3.63) is 58.8 Å². The zero-order valence-electron chi connectivity index (χ0n) is 16.2. The van der Waals surface area contributed by atoms with Crippen molar-refractivity contribution in [1.29, 1.82) is 0 Å². The lowest BCUT2D eigenvalue weighted by molar-refractivity contribution is 0.0646. The standard InChI is InChI=1S/C20H20ClFN4O3/c1-4-26(12(2)11-28-17-9-8-14(21)10-23-17)20(27)15-6-5-7-16(22)18(15)19-25-24-13(3)29-19/h5-10,12H,4,11H2,1-3H3/t12-/m0/s1. The number of benzene rings is 1. The van der Waals surface area contributed by atoms with Crippen LogP contribution in [-0.2, 0) is 0 Å². The van der Waals surface area contributed by atoms with Gasteiger partial charge in [-0.1, -0.05) is 17.7 Å². The molecule has 0 aliphatic heterocycles. The van der Waals surface area contributed by atoms with Crippen LogP contribution in [0.1, 0.15) is 30.1 Å². The normalized spacial score (nSPS) is 11.9. The summed E-state index contributed by atoms with van der Waals surface area (Å²) in [6.07, 6.45) is 1.48. The van der Waals surface area contributed by atoms with Crippen LogP contribution >= 0.6 is 11.6 Å². The van der Waals surface area contributed by atoms with Crippen molar-refractivity contribution >= 4 is 17.5 Å². The average molecular weight is 419 g/mol. The lowest BCUT2D eigenvalue weighted by Gasteiger charge is -2.28. The first-order chi connectivity index (χ1) is 13.9. The van der Waals surface area contributed by atoms with Gasteiger partial charge < -0.3 is 14.1 Å². The molecule has 0 aliphatic rings. The van der Waals surface area contributed by atoms with Crippen LogP contribution in [0.2, 0.25) is 5.02 Å². The van der Waals surface area contributed by atoms with Gasteiger partial charge >= 0.3 is 0 Å². The average Bonchev–Trinajstić information content (AvgIpc) is 3.13. The van der Waals surface area contributed by atoms with Gasteiger partial charge in [0.15, 0.2) is 0 Å². The number of aromatic nitrogens is 3. The number of hydrogen-bond donors (Lipinski definition) is 0. The van der Waals surface area contributed by atoms with Crippen molar-refractivity contribution in [2.75, 3.05) is 13.2 Å². The highest BCUT2D eigenvalue weighted by Gasteiger charge is 2.27. The molecule has 9 heteroatoms. The highest BCUT2D eigenvalue weighted by Crippen LogP contribution is 2.27. The van der Waals surface area contributed by atoms with Crippen molar-refractivity contribution in [2.24, 2.45) is 0 Å². The molecule has 3 aromatic rings. The van der Waals surface area contributed by atoms with Crippen LogP contribution in [-0.4, -0.2) is 45.2 Å². The van der Waals surface area contributed by atoms with E-state index in [1.807, 2.05) is 13.8 Å². The predicted molar refractivity (Wildman–Crippen MR) is 105 cm³/mol. The zero-order chi connectivity index (χ0) is 21.0. The molecule has 0 unspecified atom stereocenters. The van der Waals surface area contributed by atoms with Crippen molar-refractivity contribution in [3.8, 4) is 17.3 Å². The highest BCUT2D eigenvalue weighted by molar-refractivity contribution is 6.30. The molecule has 1 atom stereocenters. The molecule has 7 nitrogen and oxygen atoms in total. The quantitative estimate of drug-likeness (QED) is 0.573. The Morgan fingerprint density at radius 1 is 1.31 bits per heavy atom. The molecule has 29 heavy (non-hydrogen) atoms. The molecule has 0 N–H and O–H groups in total. The largest absolute Gasteiger partial charge is 0.475 e. The second-order valence-corrected chi connectivity index (χ2v) is 6.79. The van der Waals surface area contributed by atoms with E-state index in [0.29, 0.717) is 17.4 Å². The van der Waals surface area contributed by atoms with Crippen LogP contribution in [0, 0.1) is 12.7 Å². The maximum atomic E-state index is 14.5. The van der Waals surface area contributed by atoms with Gasteiger partial charge in [-0.25, -0.2) is 9.37 Å². The molecule has 1 aromatic carbocycles. The van der Waals surface area contributed by atoms with E-state index in [4.69, 9.17) is 20.8 Å². The van der Waals surface area contributed by atoms with Gasteiger partial charge in [-0.05, 0) is 32.0 Å². The number of aryl methyl sites for hydroxylation is 1. The number of hydrogen-bond acceptors (Lipinski definition) is 6. The summed E-state index contributed by atoms with van der Waals surface area (Å²) in [6, 6.07) is 7.28. The fourth-order valence-electron chi connectivity index (χ4n) is 2.87. The molecule has 0 spiro atoms. The summed E-state index contributed by atoms with van der Waals surface area (Å²) in [5.74, 6) is -0.319.